The molecule has 0 spiro atoms. The molecule has 2 aromatic rings. The van der Waals surface area contributed by atoms with Crippen LogP contribution in [0.4, 0.5) is 0 Å². The molecule has 18 heavy (non-hydrogen) atoms. The number of nitrogens with zero attached hydrogens (tertiary/aromatic N) is 2. The van der Waals surface area contributed by atoms with E-state index in [9.17, 15) is 0 Å². The lowest BCUT2D eigenvalue weighted by Crippen LogP contribution is -2.29. The van der Waals surface area contributed by atoms with Gasteiger partial charge in [-0.15, -0.1) is 11.3 Å². The SMILES string of the molecule is Cn1ccnc1CC(NN)c1cc2c(s1)CCC2. The van der Waals surface area contributed by atoms with Crippen LogP contribution in [0.15, 0.2) is 18.5 Å². The molecule has 0 aliphatic heterocycles. The van der Waals surface area contributed by atoms with E-state index in [4.69, 9.17) is 5.84 Å². The fraction of sp³-hybridized carbons (Fsp3) is 0.462. The maximum atomic E-state index is 5.71. The van der Waals surface area contributed by atoms with E-state index in [2.05, 4.69) is 16.5 Å². The summed E-state index contributed by atoms with van der Waals surface area (Å²) in [5.41, 5.74) is 4.45. The third kappa shape index (κ3) is 2.09. The summed E-state index contributed by atoms with van der Waals surface area (Å²) in [6.07, 6.45) is 8.40. The van der Waals surface area contributed by atoms with Crippen LogP contribution in [0.1, 0.15) is 33.6 Å². The fourth-order valence-electron chi connectivity index (χ4n) is 2.54. The minimum Gasteiger partial charge on any atom is -0.338 e. The molecule has 0 saturated carbocycles. The van der Waals surface area contributed by atoms with Gasteiger partial charge in [-0.25, -0.2) is 4.98 Å². The lowest BCUT2D eigenvalue weighted by atomic mass is 10.1. The van der Waals surface area contributed by atoms with E-state index in [1.165, 1.54) is 29.7 Å². The number of fused-ring (bicyclic) bond motifs is 1. The molecule has 3 rings (SSSR count). The standard InChI is InChI=1S/C13H18N4S/c1-17-6-5-15-13(17)8-10(16-14)12-7-9-3-2-4-11(9)18-12/h5-7,10,16H,2-4,8,14H2,1H3. The Hall–Kier alpha value is -1.17. The first-order valence-electron chi connectivity index (χ1n) is 6.31. The number of hydrogen-bond acceptors (Lipinski definition) is 4. The van der Waals surface area contributed by atoms with Crippen LogP contribution in [-0.2, 0) is 26.3 Å². The molecule has 1 aliphatic rings. The second kappa shape index (κ2) is 4.84. The first-order chi connectivity index (χ1) is 8.78. The normalized spacial score (nSPS) is 15.9. The third-order valence-corrected chi connectivity index (χ3v) is 4.97. The zero-order valence-electron chi connectivity index (χ0n) is 10.5. The molecular formula is C13H18N4S. The Morgan fingerprint density at radius 2 is 2.44 bits per heavy atom. The summed E-state index contributed by atoms with van der Waals surface area (Å²) in [4.78, 5) is 7.25. The average molecular weight is 262 g/mol. The minimum absolute atomic E-state index is 0.168. The van der Waals surface area contributed by atoms with Gasteiger partial charge in [0, 0.05) is 35.6 Å². The number of aromatic nitrogens is 2. The molecule has 0 fully saturated rings. The Bertz CT molecular complexity index is 521. The van der Waals surface area contributed by atoms with E-state index in [1.807, 2.05) is 35.3 Å². The lowest BCUT2D eigenvalue weighted by Gasteiger charge is -2.14. The lowest BCUT2D eigenvalue weighted by molar-refractivity contribution is 0.537. The van der Waals surface area contributed by atoms with Gasteiger partial charge >= 0.3 is 0 Å². The van der Waals surface area contributed by atoms with Crippen molar-refractivity contribution in [3.05, 3.63) is 39.6 Å². The van der Waals surface area contributed by atoms with Gasteiger partial charge in [0.2, 0.25) is 0 Å². The van der Waals surface area contributed by atoms with Gasteiger partial charge in [-0.2, -0.15) is 0 Å². The second-order valence-electron chi connectivity index (χ2n) is 4.83. The molecule has 0 bridgehead atoms. The van der Waals surface area contributed by atoms with Crippen LogP contribution < -0.4 is 11.3 Å². The van der Waals surface area contributed by atoms with E-state index in [0.717, 1.165) is 12.2 Å². The fourth-order valence-corrected chi connectivity index (χ4v) is 3.86. The molecule has 1 atom stereocenters. The molecule has 0 saturated heterocycles. The van der Waals surface area contributed by atoms with Crippen LogP contribution in [0, 0.1) is 0 Å². The van der Waals surface area contributed by atoms with Gasteiger partial charge in [-0.3, -0.25) is 11.3 Å². The van der Waals surface area contributed by atoms with Gasteiger partial charge in [-0.1, -0.05) is 0 Å². The first kappa shape index (κ1) is 11.9. The van der Waals surface area contributed by atoms with Crippen LogP contribution in [-0.4, -0.2) is 9.55 Å². The molecule has 96 valence electrons. The molecule has 5 heteroatoms. The maximum absolute atomic E-state index is 5.71. The van der Waals surface area contributed by atoms with Crippen LogP contribution in [0.3, 0.4) is 0 Å². The van der Waals surface area contributed by atoms with Gasteiger partial charge in [0.25, 0.3) is 0 Å². The highest BCUT2D eigenvalue weighted by atomic mass is 32.1. The number of hydrogen-bond donors (Lipinski definition) is 2. The molecule has 1 unspecified atom stereocenters. The highest BCUT2D eigenvalue weighted by Crippen LogP contribution is 2.34. The molecule has 1 aliphatic carbocycles. The second-order valence-corrected chi connectivity index (χ2v) is 6.00. The molecule has 0 radical (unpaired) electrons. The number of nitrogens with two attached hydrogens (primary N) is 1. The predicted molar refractivity (Wildman–Crippen MR) is 73.3 cm³/mol. The Morgan fingerprint density at radius 3 is 3.11 bits per heavy atom. The van der Waals surface area contributed by atoms with Crippen LogP contribution in [0.25, 0.3) is 0 Å². The summed E-state index contributed by atoms with van der Waals surface area (Å²) in [5, 5.41) is 0. The van der Waals surface area contributed by atoms with Crippen LogP contribution in [0.2, 0.25) is 0 Å². The summed E-state index contributed by atoms with van der Waals surface area (Å²) in [6, 6.07) is 2.49. The summed E-state index contributed by atoms with van der Waals surface area (Å²) in [6.45, 7) is 0. The average Bonchev–Trinajstić information content (AvgIpc) is 3.01. The molecule has 2 heterocycles. The van der Waals surface area contributed by atoms with Gasteiger partial charge in [0.05, 0.1) is 6.04 Å². The van der Waals surface area contributed by atoms with Crippen molar-refractivity contribution in [3.8, 4) is 0 Å². The summed E-state index contributed by atoms with van der Waals surface area (Å²) in [5.74, 6) is 6.77. The number of aryl methyl sites for hydroxylation is 3. The first-order valence-corrected chi connectivity index (χ1v) is 7.13. The maximum Gasteiger partial charge on any atom is 0.110 e. The van der Waals surface area contributed by atoms with Crippen molar-refractivity contribution in [2.45, 2.75) is 31.7 Å². The number of rotatable bonds is 4. The molecule has 2 aromatic heterocycles. The van der Waals surface area contributed by atoms with Crippen LogP contribution >= 0.6 is 11.3 Å². The van der Waals surface area contributed by atoms with E-state index < -0.39 is 0 Å². The largest absolute Gasteiger partial charge is 0.338 e. The Morgan fingerprint density at radius 1 is 1.56 bits per heavy atom. The van der Waals surface area contributed by atoms with Crippen LogP contribution in [0.5, 0.6) is 0 Å². The van der Waals surface area contributed by atoms with Crippen molar-refractivity contribution >= 4 is 11.3 Å². The number of hydrazine groups is 1. The van der Waals surface area contributed by atoms with Crippen molar-refractivity contribution in [1.29, 1.82) is 0 Å². The molecular weight excluding hydrogens is 244 g/mol. The zero-order valence-corrected chi connectivity index (χ0v) is 11.3. The number of imidazole rings is 1. The Kier molecular flexibility index (Phi) is 3.20. The van der Waals surface area contributed by atoms with Gasteiger partial charge < -0.3 is 4.57 Å². The molecule has 3 N–H and O–H groups in total. The number of thiophene rings is 1. The molecule has 0 amide bonds. The zero-order chi connectivity index (χ0) is 12.5. The van der Waals surface area contributed by atoms with Crippen molar-refractivity contribution in [1.82, 2.24) is 15.0 Å². The number of nitrogens with one attached hydrogen (secondary N) is 1. The van der Waals surface area contributed by atoms with Crippen molar-refractivity contribution < 1.29 is 0 Å². The third-order valence-electron chi connectivity index (χ3n) is 3.62. The monoisotopic (exact) mass is 262 g/mol. The smallest absolute Gasteiger partial charge is 0.110 e. The van der Waals surface area contributed by atoms with Gasteiger partial charge in [-0.05, 0) is 30.9 Å². The highest BCUT2D eigenvalue weighted by molar-refractivity contribution is 7.12. The summed E-state index contributed by atoms with van der Waals surface area (Å²) >= 11 is 1.90. The van der Waals surface area contributed by atoms with Crippen molar-refractivity contribution in [2.24, 2.45) is 12.9 Å². The van der Waals surface area contributed by atoms with E-state index in [1.54, 1.807) is 4.88 Å². The minimum atomic E-state index is 0.168. The topological polar surface area (TPSA) is 55.9 Å². The summed E-state index contributed by atoms with van der Waals surface area (Å²) in [7, 11) is 2.02. The Balaban J connectivity index is 1.81. The quantitative estimate of drug-likeness (QED) is 0.651. The Labute approximate surface area is 111 Å². The van der Waals surface area contributed by atoms with Crippen molar-refractivity contribution in [3.63, 3.8) is 0 Å². The van der Waals surface area contributed by atoms with E-state index in [-0.39, 0.29) is 6.04 Å². The van der Waals surface area contributed by atoms with Crippen molar-refractivity contribution in [2.75, 3.05) is 0 Å². The predicted octanol–water partition coefficient (Wildman–Crippen LogP) is 1.72. The molecule has 0 aromatic carbocycles. The summed E-state index contributed by atoms with van der Waals surface area (Å²) < 4.78 is 2.05. The van der Waals surface area contributed by atoms with E-state index >= 15 is 0 Å². The van der Waals surface area contributed by atoms with E-state index in [0.29, 0.717) is 0 Å². The molecule has 4 nitrogen and oxygen atoms in total. The van der Waals surface area contributed by atoms with Gasteiger partial charge in [0.1, 0.15) is 5.82 Å². The highest BCUT2D eigenvalue weighted by Gasteiger charge is 2.20. The van der Waals surface area contributed by atoms with Gasteiger partial charge in [0.15, 0.2) is 0 Å².